The van der Waals surface area contributed by atoms with Crippen molar-refractivity contribution in [2.75, 3.05) is 18.0 Å². The minimum Gasteiger partial charge on any atom is -0.292 e. The molecule has 2 amide bonds. The molecule has 0 N–H and O–H groups in total. The van der Waals surface area contributed by atoms with Gasteiger partial charge >= 0.3 is 0 Å². The zero-order valence-corrected chi connectivity index (χ0v) is 11.5. The molecule has 1 aromatic carbocycles. The number of benzene rings is 1. The predicted octanol–water partition coefficient (Wildman–Crippen LogP) is 2.08. The number of likely N-dealkylation sites (tertiary alicyclic amines) is 1. The maximum atomic E-state index is 13.3. The van der Waals surface area contributed by atoms with Crippen LogP contribution in [0.25, 0.3) is 0 Å². The molecule has 0 unspecified atom stereocenters. The van der Waals surface area contributed by atoms with Crippen LogP contribution in [-0.2, 0) is 9.59 Å². The van der Waals surface area contributed by atoms with E-state index in [4.69, 9.17) is 0 Å². The molecule has 2 saturated heterocycles. The van der Waals surface area contributed by atoms with Crippen LogP contribution in [0, 0.1) is 11.6 Å². The van der Waals surface area contributed by atoms with E-state index in [0.717, 1.165) is 49.4 Å². The largest absolute Gasteiger partial charge is 0.292 e. The number of anilines is 1. The second kappa shape index (κ2) is 5.52. The van der Waals surface area contributed by atoms with Crippen LogP contribution in [0.15, 0.2) is 18.2 Å². The Bertz CT molecular complexity index is 585. The first-order valence-corrected chi connectivity index (χ1v) is 7.14. The van der Waals surface area contributed by atoms with E-state index in [0.29, 0.717) is 0 Å². The molecule has 2 fully saturated rings. The van der Waals surface area contributed by atoms with E-state index in [1.54, 1.807) is 0 Å². The number of hydrogen-bond donors (Lipinski definition) is 0. The van der Waals surface area contributed by atoms with Gasteiger partial charge in [0.05, 0.1) is 18.2 Å². The molecule has 0 bridgehead atoms. The standard InChI is InChI=1S/C15H16F2N2O2/c16-11-5-4-10(8-12(11)17)19-14(20)9-13(15(19)21)18-6-2-1-3-7-18/h4-5,8,13H,1-3,6-7,9H2/t13-/m1/s1. The smallest absolute Gasteiger partial charge is 0.251 e. The first kappa shape index (κ1) is 14.1. The van der Waals surface area contributed by atoms with Gasteiger partial charge in [-0.3, -0.25) is 14.5 Å². The fraction of sp³-hybridized carbons (Fsp3) is 0.467. The number of carbonyl (C=O) groups excluding carboxylic acids is 2. The monoisotopic (exact) mass is 294 g/mol. The second-order valence-electron chi connectivity index (χ2n) is 5.48. The van der Waals surface area contributed by atoms with Gasteiger partial charge < -0.3 is 0 Å². The maximum Gasteiger partial charge on any atom is 0.251 e. The topological polar surface area (TPSA) is 40.6 Å². The van der Waals surface area contributed by atoms with E-state index in [1.165, 1.54) is 6.07 Å². The molecule has 0 saturated carbocycles. The molecule has 2 aliphatic rings. The maximum absolute atomic E-state index is 13.3. The van der Waals surface area contributed by atoms with Gasteiger partial charge in [-0.25, -0.2) is 13.7 Å². The summed E-state index contributed by atoms with van der Waals surface area (Å²) in [5, 5.41) is 0. The third-order valence-electron chi connectivity index (χ3n) is 4.12. The van der Waals surface area contributed by atoms with E-state index < -0.39 is 17.7 Å². The molecule has 3 rings (SSSR count). The minimum atomic E-state index is -1.06. The van der Waals surface area contributed by atoms with E-state index in [-0.39, 0.29) is 23.9 Å². The fourth-order valence-electron chi connectivity index (χ4n) is 3.03. The number of halogens is 2. The van der Waals surface area contributed by atoms with Gasteiger partial charge in [0.1, 0.15) is 0 Å². The van der Waals surface area contributed by atoms with Crippen molar-refractivity contribution in [2.24, 2.45) is 0 Å². The highest BCUT2D eigenvalue weighted by Crippen LogP contribution is 2.28. The van der Waals surface area contributed by atoms with Crippen LogP contribution in [0.2, 0.25) is 0 Å². The molecule has 21 heavy (non-hydrogen) atoms. The van der Waals surface area contributed by atoms with Crippen molar-refractivity contribution < 1.29 is 18.4 Å². The Labute approximate surface area is 121 Å². The Balaban J connectivity index is 1.84. The molecule has 0 radical (unpaired) electrons. The number of hydrogen-bond acceptors (Lipinski definition) is 3. The SMILES string of the molecule is O=C1C[C@@H](N2CCCCC2)C(=O)N1c1ccc(F)c(F)c1. The summed E-state index contributed by atoms with van der Waals surface area (Å²) in [6, 6.07) is 2.61. The average molecular weight is 294 g/mol. The third-order valence-corrected chi connectivity index (χ3v) is 4.12. The quantitative estimate of drug-likeness (QED) is 0.784. The zero-order valence-electron chi connectivity index (χ0n) is 11.5. The normalized spacial score (nSPS) is 23.9. The second-order valence-corrected chi connectivity index (χ2v) is 5.48. The van der Waals surface area contributed by atoms with Gasteiger partial charge in [-0.15, -0.1) is 0 Å². The molecule has 112 valence electrons. The van der Waals surface area contributed by atoms with E-state index in [2.05, 4.69) is 0 Å². The van der Waals surface area contributed by atoms with Crippen LogP contribution < -0.4 is 4.90 Å². The number of amides is 2. The molecular weight excluding hydrogens is 278 g/mol. The highest BCUT2D eigenvalue weighted by atomic mass is 19.2. The van der Waals surface area contributed by atoms with Crippen LogP contribution in [-0.4, -0.2) is 35.8 Å². The summed E-state index contributed by atoms with van der Waals surface area (Å²) >= 11 is 0. The van der Waals surface area contributed by atoms with Gasteiger partial charge in [-0.1, -0.05) is 6.42 Å². The number of piperidine rings is 1. The molecular formula is C15H16F2N2O2. The summed E-state index contributed by atoms with van der Waals surface area (Å²) in [7, 11) is 0. The predicted molar refractivity (Wildman–Crippen MR) is 72.7 cm³/mol. The van der Waals surface area contributed by atoms with Gasteiger partial charge in [0.15, 0.2) is 11.6 Å². The average Bonchev–Trinajstić information content (AvgIpc) is 2.78. The van der Waals surface area contributed by atoms with Gasteiger partial charge in [0.2, 0.25) is 5.91 Å². The summed E-state index contributed by atoms with van der Waals surface area (Å²) in [4.78, 5) is 27.5. The molecule has 0 spiro atoms. The van der Waals surface area contributed by atoms with E-state index in [9.17, 15) is 18.4 Å². The Hall–Kier alpha value is -1.82. The molecule has 0 aliphatic carbocycles. The summed E-state index contributed by atoms with van der Waals surface area (Å²) in [6.07, 6.45) is 3.28. The van der Waals surface area contributed by atoms with Crippen LogP contribution in [0.4, 0.5) is 14.5 Å². The van der Waals surface area contributed by atoms with Crippen molar-refractivity contribution in [1.82, 2.24) is 4.90 Å². The van der Waals surface area contributed by atoms with Crippen molar-refractivity contribution in [2.45, 2.75) is 31.7 Å². The number of rotatable bonds is 2. The fourth-order valence-corrected chi connectivity index (χ4v) is 3.03. The van der Waals surface area contributed by atoms with Gasteiger partial charge in [0.25, 0.3) is 5.91 Å². The van der Waals surface area contributed by atoms with E-state index >= 15 is 0 Å². The Morgan fingerprint density at radius 2 is 1.71 bits per heavy atom. The molecule has 0 aromatic heterocycles. The van der Waals surface area contributed by atoms with Gasteiger partial charge in [-0.05, 0) is 38.1 Å². The highest BCUT2D eigenvalue weighted by molar-refractivity contribution is 6.22. The third kappa shape index (κ3) is 2.55. The first-order chi connectivity index (χ1) is 10.1. The summed E-state index contributed by atoms with van der Waals surface area (Å²) in [5.41, 5.74) is 0.100. The van der Waals surface area contributed by atoms with Crippen molar-refractivity contribution in [1.29, 1.82) is 0 Å². The van der Waals surface area contributed by atoms with E-state index in [1.807, 2.05) is 4.90 Å². The van der Waals surface area contributed by atoms with Gasteiger partial charge in [-0.2, -0.15) is 0 Å². The zero-order chi connectivity index (χ0) is 15.0. The van der Waals surface area contributed by atoms with Crippen LogP contribution in [0.5, 0.6) is 0 Å². The van der Waals surface area contributed by atoms with Gasteiger partial charge in [0, 0.05) is 6.07 Å². The summed E-state index contributed by atoms with van der Waals surface area (Å²) in [6.45, 7) is 1.60. The van der Waals surface area contributed by atoms with Crippen LogP contribution in [0.3, 0.4) is 0 Å². The summed E-state index contributed by atoms with van der Waals surface area (Å²) in [5.74, 6) is -2.76. The first-order valence-electron chi connectivity index (χ1n) is 7.14. The van der Waals surface area contributed by atoms with Crippen molar-refractivity contribution >= 4 is 17.5 Å². The molecule has 4 nitrogen and oxygen atoms in total. The van der Waals surface area contributed by atoms with Crippen LogP contribution >= 0.6 is 0 Å². The highest BCUT2D eigenvalue weighted by Gasteiger charge is 2.42. The Morgan fingerprint density at radius 1 is 1.00 bits per heavy atom. The number of nitrogens with zero attached hydrogens (tertiary/aromatic N) is 2. The lowest BCUT2D eigenvalue weighted by Gasteiger charge is -2.30. The lowest BCUT2D eigenvalue weighted by Crippen LogP contribution is -2.44. The molecule has 2 heterocycles. The number of carbonyl (C=O) groups is 2. The minimum absolute atomic E-state index is 0.100. The molecule has 6 heteroatoms. The van der Waals surface area contributed by atoms with Crippen molar-refractivity contribution in [3.63, 3.8) is 0 Å². The number of imide groups is 1. The Kier molecular flexibility index (Phi) is 3.71. The molecule has 2 aliphatic heterocycles. The lowest BCUT2D eigenvalue weighted by atomic mass is 10.1. The summed E-state index contributed by atoms with van der Waals surface area (Å²) < 4.78 is 26.3. The molecule has 1 atom stereocenters. The Morgan fingerprint density at radius 3 is 2.38 bits per heavy atom. The lowest BCUT2D eigenvalue weighted by molar-refractivity contribution is -0.123. The van der Waals surface area contributed by atoms with Crippen LogP contribution in [0.1, 0.15) is 25.7 Å². The molecule has 1 aromatic rings. The van der Waals surface area contributed by atoms with Crippen molar-refractivity contribution in [3.05, 3.63) is 29.8 Å². The van der Waals surface area contributed by atoms with Crippen molar-refractivity contribution in [3.8, 4) is 0 Å².